The van der Waals surface area contributed by atoms with E-state index in [1.54, 1.807) is 0 Å². The van der Waals surface area contributed by atoms with Gasteiger partial charge in [-0.3, -0.25) is 9.69 Å². The highest BCUT2D eigenvalue weighted by Gasteiger charge is 2.41. The molecule has 1 aromatic rings. The quantitative estimate of drug-likeness (QED) is 0.828. The lowest BCUT2D eigenvalue weighted by molar-refractivity contribution is -0.138. The number of hydrogen-bond donors (Lipinski definition) is 0. The molecule has 0 bridgehead atoms. The number of aryl methyl sites for hydroxylation is 2. The number of amides is 1. The fourth-order valence-corrected chi connectivity index (χ4v) is 4.86. The first-order valence-corrected chi connectivity index (χ1v) is 9.99. The highest BCUT2D eigenvalue weighted by atomic mass is 16.5. The summed E-state index contributed by atoms with van der Waals surface area (Å²) >= 11 is 0. The minimum absolute atomic E-state index is 0.189. The van der Waals surface area contributed by atoms with E-state index in [1.807, 2.05) is 13.8 Å². The van der Waals surface area contributed by atoms with Gasteiger partial charge in [0.1, 0.15) is 11.9 Å². The highest BCUT2D eigenvalue weighted by Crippen LogP contribution is 2.40. The predicted molar refractivity (Wildman–Crippen MR) is 99.2 cm³/mol. The fourth-order valence-electron chi connectivity index (χ4n) is 4.86. The molecule has 3 aliphatic rings. The van der Waals surface area contributed by atoms with Gasteiger partial charge in [-0.05, 0) is 58.5 Å². The number of carbonyl (C=O) groups excluding carboxylic acids is 1. The average Bonchev–Trinajstić information content (AvgIpc) is 3.02. The van der Waals surface area contributed by atoms with Crippen molar-refractivity contribution < 1.29 is 9.53 Å². The Kier molecular flexibility index (Phi) is 4.63. The summed E-state index contributed by atoms with van der Waals surface area (Å²) in [5.41, 5.74) is 2.58. The van der Waals surface area contributed by atoms with Crippen LogP contribution >= 0.6 is 0 Å². The Morgan fingerprint density at radius 1 is 1.19 bits per heavy atom. The van der Waals surface area contributed by atoms with Crippen molar-refractivity contribution in [3.63, 3.8) is 0 Å². The summed E-state index contributed by atoms with van der Waals surface area (Å²) in [6.07, 6.45) is 5.28. The number of piperidine rings is 2. The summed E-state index contributed by atoms with van der Waals surface area (Å²) in [6, 6.07) is 0. The minimum Gasteiger partial charge on any atom is -0.472 e. The lowest BCUT2D eigenvalue weighted by Crippen LogP contribution is -2.52. The average molecular weight is 358 g/mol. The van der Waals surface area contributed by atoms with Crippen LogP contribution in [-0.2, 0) is 11.2 Å². The van der Waals surface area contributed by atoms with Gasteiger partial charge in [0.15, 0.2) is 0 Å². The summed E-state index contributed by atoms with van der Waals surface area (Å²) in [4.78, 5) is 25.5. The SMILES string of the molecule is CCN1CC2(CCC1=O)CCN(C[C@H]1Cc3c(C)nc(C)nc3O1)CC2. The summed E-state index contributed by atoms with van der Waals surface area (Å²) < 4.78 is 6.11. The van der Waals surface area contributed by atoms with Crippen LogP contribution in [-0.4, -0.2) is 64.5 Å². The Morgan fingerprint density at radius 2 is 1.96 bits per heavy atom. The van der Waals surface area contributed by atoms with Crippen molar-refractivity contribution in [1.29, 1.82) is 0 Å². The van der Waals surface area contributed by atoms with Crippen molar-refractivity contribution in [2.75, 3.05) is 32.7 Å². The van der Waals surface area contributed by atoms with E-state index in [4.69, 9.17) is 4.74 Å². The third-order valence-electron chi connectivity index (χ3n) is 6.51. The van der Waals surface area contributed by atoms with Gasteiger partial charge < -0.3 is 9.64 Å². The molecule has 1 atom stereocenters. The van der Waals surface area contributed by atoms with Gasteiger partial charge in [-0.25, -0.2) is 4.98 Å². The third-order valence-corrected chi connectivity index (χ3v) is 6.51. The minimum atomic E-state index is 0.189. The number of nitrogens with zero attached hydrogens (tertiary/aromatic N) is 4. The number of aromatic nitrogens is 2. The number of hydrogen-bond acceptors (Lipinski definition) is 5. The maximum absolute atomic E-state index is 12.0. The van der Waals surface area contributed by atoms with E-state index < -0.39 is 0 Å². The van der Waals surface area contributed by atoms with Gasteiger partial charge in [-0.1, -0.05) is 0 Å². The molecule has 6 nitrogen and oxygen atoms in total. The van der Waals surface area contributed by atoms with Crippen molar-refractivity contribution in [3.8, 4) is 5.88 Å². The van der Waals surface area contributed by atoms with Gasteiger partial charge >= 0.3 is 0 Å². The zero-order chi connectivity index (χ0) is 18.3. The zero-order valence-corrected chi connectivity index (χ0v) is 16.3. The molecule has 142 valence electrons. The van der Waals surface area contributed by atoms with E-state index >= 15 is 0 Å². The topological polar surface area (TPSA) is 58.6 Å². The standard InChI is InChI=1S/C20H30N4O2/c1-4-24-13-20(6-5-18(24)25)7-9-23(10-8-20)12-16-11-17-14(2)21-15(3)22-19(17)26-16/h16H,4-13H2,1-3H3/t16-/m1/s1. The molecule has 1 amide bonds. The van der Waals surface area contributed by atoms with Gasteiger partial charge in [0.2, 0.25) is 11.8 Å². The first kappa shape index (κ1) is 17.7. The molecule has 0 N–H and O–H groups in total. The van der Waals surface area contributed by atoms with Crippen LogP contribution in [0.4, 0.5) is 0 Å². The fraction of sp³-hybridized carbons (Fsp3) is 0.750. The van der Waals surface area contributed by atoms with Crippen molar-refractivity contribution in [2.24, 2.45) is 5.41 Å². The lowest BCUT2D eigenvalue weighted by Gasteiger charge is -2.47. The van der Waals surface area contributed by atoms with Crippen molar-refractivity contribution in [2.45, 2.75) is 59.0 Å². The second-order valence-corrected chi connectivity index (χ2v) is 8.29. The van der Waals surface area contributed by atoms with Gasteiger partial charge in [-0.2, -0.15) is 4.98 Å². The molecular weight excluding hydrogens is 328 g/mol. The molecule has 1 aromatic heterocycles. The van der Waals surface area contributed by atoms with Crippen LogP contribution in [0.5, 0.6) is 5.88 Å². The number of ether oxygens (including phenoxy) is 1. The van der Waals surface area contributed by atoms with Crippen LogP contribution in [0.25, 0.3) is 0 Å². The summed E-state index contributed by atoms with van der Waals surface area (Å²) in [5, 5.41) is 0. The van der Waals surface area contributed by atoms with Crippen LogP contribution in [0.2, 0.25) is 0 Å². The highest BCUT2D eigenvalue weighted by molar-refractivity contribution is 5.77. The zero-order valence-electron chi connectivity index (χ0n) is 16.3. The lowest BCUT2D eigenvalue weighted by atomic mass is 9.72. The molecule has 0 unspecified atom stereocenters. The van der Waals surface area contributed by atoms with E-state index in [9.17, 15) is 4.79 Å². The smallest absolute Gasteiger partial charge is 0.222 e. The van der Waals surface area contributed by atoms with Crippen LogP contribution < -0.4 is 4.74 Å². The second-order valence-electron chi connectivity index (χ2n) is 8.29. The largest absolute Gasteiger partial charge is 0.472 e. The molecule has 4 heterocycles. The number of fused-ring (bicyclic) bond motifs is 1. The Bertz CT molecular complexity index is 697. The van der Waals surface area contributed by atoms with E-state index in [2.05, 4.69) is 26.7 Å². The first-order chi connectivity index (χ1) is 12.5. The Hall–Kier alpha value is -1.69. The maximum Gasteiger partial charge on any atom is 0.222 e. The predicted octanol–water partition coefficient (Wildman–Crippen LogP) is 2.12. The molecular formula is C20H30N4O2. The van der Waals surface area contributed by atoms with Crippen molar-refractivity contribution in [3.05, 3.63) is 17.1 Å². The first-order valence-electron chi connectivity index (χ1n) is 9.99. The van der Waals surface area contributed by atoms with Crippen LogP contribution in [0.3, 0.4) is 0 Å². The Labute approximate surface area is 155 Å². The molecule has 2 fully saturated rings. The Balaban J connectivity index is 1.32. The van der Waals surface area contributed by atoms with E-state index in [-0.39, 0.29) is 6.10 Å². The monoisotopic (exact) mass is 358 g/mol. The van der Waals surface area contributed by atoms with Gasteiger partial charge in [0.05, 0.1) is 0 Å². The molecule has 26 heavy (non-hydrogen) atoms. The van der Waals surface area contributed by atoms with Crippen molar-refractivity contribution >= 4 is 5.91 Å². The molecule has 0 aliphatic carbocycles. The third kappa shape index (κ3) is 3.31. The normalized spacial score (nSPS) is 25.4. The molecule has 3 aliphatic heterocycles. The van der Waals surface area contributed by atoms with E-state index in [0.717, 1.165) is 69.4 Å². The molecule has 0 aromatic carbocycles. The number of carbonyl (C=O) groups is 1. The molecule has 0 saturated carbocycles. The van der Waals surface area contributed by atoms with Crippen molar-refractivity contribution in [1.82, 2.24) is 19.8 Å². The van der Waals surface area contributed by atoms with Gasteiger partial charge in [-0.15, -0.1) is 0 Å². The Morgan fingerprint density at radius 3 is 2.69 bits per heavy atom. The van der Waals surface area contributed by atoms with E-state index in [0.29, 0.717) is 11.3 Å². The number of rotatable bonds is 3. The van der Waals surface area contributed by atoms with E-state index in [1.165, 1.54) is 18.4 Å². The molecule has 0 radical (unpaired) electrons. The summed E-state index contributed by atoms with van der Waals surface area (Å²) in [6.45, 7) is 11.0. The van der Waals surface area contributed by atoms with Gasteiger partial charge in [0, 0.05) is 43.7 Å². The molecule has 6 heteroatoms. The number of likely N-dealkylation sites (tertiary alicyclic amines) is 2. The van der Waals surface area contributed by atoms with Crippen LogP contribution in [0.15, 0.2) is 0 Å². The van der Waals surface area contributed by atoms with Crippen LogP contribution in [0.1, 0.15) is 49.7 Å². The molecule has 4 rings (SSSR count). The molecule has 2 saturated heterocycles. The second kappa shape index (κ2) is 6.80. The summed E-state index contributed by atoms with van der Waals surface area (Å²) in [5.74, 6) is 1.91. The maximum atomic E-state index is 12.0. The van der Waals surface area contributed by atoms with Gasteiger partial charge in [0.25, 0.3) is 0 Å². The van der Waals surface area contributed by atoms with Crippen LogP contribution in [0, 0.1) is 19.3 Å². The molecule has 1 spiro atoms. The summed E-state index contributed by atoms with van der Waals surface area (Å²) in [7, 11) is 0.